The summed E-state index contributed by atoms with van der Waals surface area (Å²) < 4.78 is 10.3. The van der Waals surface area contributed by atoms with Crippen molar-refractivity contribution in [2.75, 3.05) is 6.61 Å². The molecule has 0 aliphatic heterocycles. The minimum atomic E-state index is -0.836. The molecule has 2 aromatic rings. The Kier molecular flexibility index (Phi) is 8.92. The first-order valence-electron chi connectivity index (χ1n) is 9.70. The molecule has 0 spiro atoms. The van der Waals surface area contributed by atoms with Crippen molar-refractivity contribution >= 4 is 18.2 Å². The Morgan fingerprint density at radius 2 is 1.50 bits per heavy atom. The molecule has 0 saturated heterocycles. The molecule has 0 amide bonds. The molecular formula is C23H26O5. The Morgan fingerprint density at radius 3 is 2.25 bits per heavy atom. The van der Waals surface area contributed by atoms with Crippen LogP contribution < -0.4 is 4.74 Å². The van der Waals surface area contributed by atoms with Crippen molar-refractivity contribution in [2.24, 2.45) is 0 Å². The number of para-hydroxylation sites is 1. The van der Waals surface area contributed by atoms with Crippen molar-refractivity contribution in [3.05, 3.63) is 65.2 Å². The molecule has 148 valence electrons. The molecule has 5 heteroatoms. The van der Waals surface area contributed by atoms with E-state index in [0.717, 1.165) is 19.3 Å². The molecule has 0 unspecified atom stereocenters. The predicted molar refractivity (Wildman–Crippen MR) is 107 cm³/mol. The van der Waals surface area contributed by atoms with Gasteiger partial charge in [0.25, 0.3) is 0 Å². The molecule has 0 N–H and O–H groups in total. The number of hydrogen-bond acceptors (Lipinski definition) is 5. The third kappa shape index (κ3) is 6.34. The van der Waals surface area contributed by atoms with Gasteiger partial charge in [-0.2, -0.15) is 0 Å². The van der Waals surface area contributed by atoms with E-state index in [0.29, 0.717) is 6.29 Å². The number of rotatable bonds is 11. The van der Waals surface area contributed by atoms with Gasteiger partial charge in [0.05, 0.1) is 12.2 Å². The number of ether oxygens (including phenoxy) is 2. The Hall–Kier alpha value is -2.95. The van der Waals surface area contributed by atoms with Crippen molar-refractivity contribution < 1.29 is 23.9 Å². The monoisotopic (exact) mass is 382 g/mol. The maximum absolute atomic E-state index is 12.8. The molecule has 0 heterocycles. The fraction of sp³-hybridized carbons (Fsp3) is 0.348. The van der Waals surface area contributed by atoms with Crippen molar-refractivity contribution in [1.29, 1.82) is 0 Å². The lowest BCUT2D eigenvalue weighted by atomic mass is 9.98. The first-order chi connectivity index (χ1) is 13.7. The molecule has 0 aliphatic rings. The largest absolute Gasteiger partial charge is 0.513 e. The first kappa shape index (κ1) is 21.4. The average Bonchev–Trinajstić information content (AvgIpc) is 2.73. The number of unbranched alkanes of at least 4 members (excludes halogenated alkanes) is 5. The molecule has 2 aromatic carbocycles. The zero-order valence-corrected chi connectivity index (χ0v) is 16.2. The van der Waals surface area contributed by atoms with Crippen molar-refractivity contribution in [1.82, 2.24) is 0 Å². The normalized spacial score (nSPS) is 10.3. The summed E-state index contributed by atoms with van der Waals surface area (Å²) >= 11 is 0. The van der Waals surface area contributed by atoms with Crippen LogP contribution in [0.15, 0.2) is 48.5 Å². The van der Waals surface area contributed by atoms with Gasteiger partial charge in [-0.25, -0.2) is 4.79 Å². The van der Waals surface area contributed by atoms with Gasteiger partial charge in [0, 0.05) is 11.1 Å². The molecule has 5 nitrogen and oxygen atoms in total. The molecule has 0 bridgehead atoms. The second-order valence-corrected chi connectivity index (χ2v) is 6.50. The van der Waals surface area contributed by atoms with Crippen molar-refractivity contribution in [3.8, 4) is 5.75 Å². The van der Waals surface area contributed by atoms with Gasteiger partial charge in [-0.3, -0.25) is 9.59 Å². The van der Waals surface area contributed by atoms with E-state index in [1.165, 1.54) is 25.3 Å². The summed E-state index contributed by atoms with van der Waals surface area (Å²) in [5, 5.41) is 0. The smallest absolute Gasteiger partial charge is 0.434 e. The fourth-order valence-corrected chi connectivity index (χ4v) is 2.85. The average molecular weight is 382 g/mol. The van der Waals surface area contributed by atoms with Gasteiger partial charge in [-0.15, -0.1) is 0 Å². The molecule has 0 saturated carbocycles. The first-order valence-corrected chi connectivity index (χ1v) is 9.70. The van der Waals surface area contributed by atoms with E-state index in [1.807, 2.05) is 0 Å². The van der Waals surface area contributed by atoms with Gasteiger partial charge in [-0.1, -0.05) is 75.4 Å². The van der Waals surface area contributed by atoms with Crippen LogP contribution in [0.2, 0.25) is 0 Å². The zero-order chi connectivity index (χ0) is 20.2. The molecule has 0 radical (unpaired) electrons. The number of hydrogen-bond donors (Lipinski definition) is 0. The van der Waals surface area contributed by atoms with Crippen LogP contribution in [-0.4, -0.2) is 24.8 Å². The summed E-state index contributed by atoms with van der Waals surface area (Å²) in [5.41, 5.74) is 0.746. The van der Waals surface area contributed by atoms with E-state index in [2.05, 4.69) is 6.92 Å². The quantitative estimate of drug-likeness (QED) is 0.166. The highest BCUT2D eigenvalue weighted by atomic mass is 16.7. The number of benzene rings is 2. The van der Waals surface area contributed by atoms with Crippen LogP contribution in [0, 0.1) is 0 Å². The molecular weight excluding hydrogens is 356 g/mol. The highest BCUT2D eigenvalue weighted by molar-refractivity contribution is 6.14. The zero-order valence-electron chi connectivity index (χ0n) is 16.2. The summed E-state index contributed by atoms with van der Waals surface area (Å²) in [5.74, 6) is -0.275. The third-order valence-corrected chi connectivity index (χ3v) is 4.38. The number of aldehydes is 1. The summed E-state index contributed by atoms with van der Waals surface area (Å²) in [7, 11) is 0. The highest BCUT2D eigenvalue weighted by Crippen LogP contribution is 2.23. The maximum atomic E-state index is 12.8. The van der Waals surface area contributed by atoms with Crippen LogP contribution in [-0.2, 0) is 4.74 Å². The lowest BCUT2D eigenvalue weighted by Crippen LogP contribution is -2.14. The second kappa shape index (κ2) is 11.7. The minimum Gasteiger partial charge on any atom is -0.434 e. The van der Waals surface area contributed by atoms with Crippen LogP contribution in [0.25, 0.3) is 0 Å². The van der Waals surface area contributed by atoms with Crippen LogP contribution in [0.4, 0.5) is 4.79 Å². The molecule has 28 heavy (non-hydrogen) atoms. The topological polar surface area (TPSA) is 69.7 Å². The Balaban J connectivity index is 1.95. The van der Waals surface area contributed by atoms with Crippen LogP contribution in [0.5, 0.6) is 5.75 Å². The minimum absolute atomic E-state index is 0.112. The van der Waals surface area contributed by atoms with Gasteiger partial charge in [0.1, 0.15) is 5.75 Å². The summed E-state index contributed by atoms with van der Waals surface area (Å²) in [6.07, 6.45) is 6.32. The van der Waals surface area contributed by atoms with E-state index in [9.17, 15) is 14.4 Å². The third-order valence-electron chi connectivity index (χ3n) is 4.38. The molecule has 2 rings (SSSR count). The van der Waals surface area contributed by atoms with E-state index in [-0.39, 0.29) is 34.8 Å². The number of carbonyl (C=O) groups is 3. The standard InChI is InChI=1S/C23H26O5/c1-2-3-4-5-6-11-16-27-23(26)28-21-15-10-9-14-20(21)22(25)19-13-8-7-12-18(19)17-24/h7-10,12-15,17H,2-6,11,16H2,1H3. The number of ketones is 1. The SMILES string of the molecule is CCCCCCCCOC(=O)Oc1ccccc1C(=O)c1ccccc1C=O. The summed E-state index contributed by atoms with van der Waals surface area (Å²) in [6, 6.07) is 12.9. The Morgan fingerprint density at radius 1 is 0.857 bits per heavy atom. The lowest BCUT2D eigenvalue weighted by molar-refractivity contribution is 0.0954. The van der Waals surface area contributed by atoms with E-state index < -0.39 is 6.16 Å². The van der Waals surface area contributed by atoms with E-state index in [1.54, 1.807) is 42.5 Å². The maximum Gasteiger partial charge on any atom is 0.513 e. The van der Waals surface area contributed by atoms with Crippen LogP contribution in [0.3, 0.4) is 0 Å². The molecule has 0 fully saturated rings. The van der Waals surface area contributed by atoms with Crippen molar-refractivity contribution in [3.63, 3.8) is 0 Å². The fourth-order valence-electron chi connectivity index (χ4n) is 2.85. The van der Waals surface area contributed by atoms with E-state index in [4.69, 9.17) is 9.47 Å². The summed E-state index contributed by atoms with van der Waals surface area (Å²) in [6.45, 7) is 2.45. The van der Waals surface area contributed by atoms with Crippen LogP contribution in [0.1, 0.15) is 71.7 Å². The molecule has 0 atom stereocenters. The van der Waals surface area contributed by atoms with Gasteiger partial charge in [-0.05, 0) is 18.6 Å². The van der Waals surface area contributed by atoms with Gasteiger partial charge >= 0.3 is 6.16 Å². The predicted octanol–water partition coefficient (Wildman–Crippen LogP) is 5.61. The second-order valence-electron chi connectivity index (χ2n) is 6.50. The Labute approximate surface area is 165 Å². The summed E-state index contributed by atoms with van der Waals surface area (Å²) in [4.78, 5) is 36.0. The lowest BCUT2D eigenvalue weighted by Gasteiger charge is -2.10. The number of carbonyl (C=O) groups excluding carboxylic acids is 3. The molecule has 0 aliphatic carbocycles. The van der Waals surface area contributed by atoms with Gasteiger partial charge in [0.2, 0.25) is 0 Å². The van der Waals surface area contributed by atoms with E-state index >= 15 is 0 Å². The highest BCUT2D eigenvalue weighted by Gasteiger charge is 2.19. The van der Waals surface area contributed by atoms with Gasteiger partial charge in [0.15, 0.2) is 12.1 Å². The van der Waals surface area contributed by atoms with Crippen LogP contribution >= 0.6 is 0 Å². The Bertz CT molecular complexity index is 797. The molecule has 0 aromatic heterocycles. The van der Waals surface area contributed by atoms with Crippen molar-refractivity contribution in [2.45, 2.75) is 45.4 Å². The van der Waals surface area contributed by atoms with Gasteiger partial charge < -0.3 is 9.47 Å².